The van der Waals surface area contributed by atoms with Crippen molar-refractivity contribution >= 4 is 12.4 Å². The van der Waals surface area contributed by atoms with Crippen LogP contribution in [0.3, 0.4) is 0 Å². The molecule has 0 radical (unpaired) electrons. The van der Waals surface area contributed by atoms with Gasteiger partial charge in [-0.05, 0) is 68.0 Å². The van der Waals surface area contributed by atoms with Gasteiger partial charge in [0.05, 0.1) is 0 Å². The van der Waals surface area contributed by atoms with E-state index in [-0.39, 0.29) is 18.0 Å². The molecule has 1 nitrogen and oxygen atoms in total. The maximum Gasteiger partial charge on any atom is 0.407 e. The third-order valence-corrected chi connectivity index (χ3v) is 3.72. The van der Waals surface area contributed by atoms with Crippen molar-refractivity contribution in [2.45, 2.75) is 46.8 Å². The lowest BCUT2D eigenvalue weighted by molar-refractivity contribution is -0.149. The zero-order chi connectivity index (χ0) is 13.5. The molecule has 1 aromatic carbocycles. The molecule has 1 atom stereocenters. The molecule has 0 aliphatic heterocycles. The minimum atomic E-state index is -4.40. The van der Waals surface area contributed by atoms with Gasteiger partial charge < -0.3 is 5.73 Å². The molecular formula is C13H19ClF3N. The fourth-order valence-corrected chi connectivity index (χ4v) is 2.16. The smallest absolute Gasteiger partial charge is 0.316 e. The van der Waals surface area contributed by atoms with E-state index in [1.165, 1.54) is 0 Å². The maximum atomic E-state index is 12.7. The van der Waals surface area contributed by atoms with Crippen molar-refractivity contribution in [3.63, 3.8) is 0 Å². The van der Waals surface area contributed by atoms with E-state index in [2.05, 4.69) is 0 Å². The molecule has 0 bridgehead atoms. The molecule has 104 valence electrons. The molecule has 0 unspecified atom stereocenters. The number of halogens is 4. The first kappa shape index (κ1) is 17.3. The standard InChI is InChI=1S/C13H18F3N.ClH/c1-6-7(2)9(4)11(10(5)8(6)3)12(17)13(14,15)16;/h12H,17H2,1-5H3;1H/t12-;/m0./s1. The van der Waals surface area contributed by atoms with Crippen LogP contribution in [0, 0.1) is 34.6 Å². The van der Waals surface area contributed by atoms with Crippen LogP contribution in [0.1, 0.15) is 39.4 Å². The van der Waals surface area contributed by atoms with Gasteiger partial charge in [0.25, 0.3) is 0 Å². The Morgan fingerprint density at radius 2 is 1.06 bits per heavy atom. The molecule has 5 heteroatoms. The van der Waals surface area contributed by atoms with Crippen LogP contribution >= 0.6 is 12.4 Å². The van der Waals surface area contributed by atoms with E-state index in [1.807, 2.05) is 20.8 Å². The van der Waals surface area contributed by atoms with E-state index in [0.717, 1.165) is 16.7 Å². The van der Waals surface area contributed by atoms with Crippen LogP contribution in [0.5, 0.6) is 0 Å². The SMILES string of the molecule is Cc1c(C)c(C)c([C@H](N)C(F)(F)F)c(C)c1C.Cl. The second-order valence-electron chi connectivity index (χ2n) is 4.56. The highest BCUT2D eigenvalue weighted by molar-refractivity contribution is 5.85. The fourth-order valence-electron chi connectivity index (χ4n) is 2.16. The Bertz CT molecular complexity index is 424. The van der Waals surface area contributed by atoms with Crippen LogP contribution in [-0.2, 0) is 0 Å². The van der Waals surface area contributed by atoms with Crippen molar-refractivity contribution in [3.8, 4) is 0 Å². The Morgan fingerprint density at radius 3 is 1.33 bits per heavy atom. The van der Waals surface area contributed by atoms with Crippen molar-refractivity contribution < 1.29 is 13.2 Å². The van der Waals surface area contributed by atoms with Gasteiger partial charge >= 0.3 is 6.18 Å². The van der Waals surface area contributed by atoms with E-state index < -0.39 is 12.2 Å². The summed E-state index contributed by atoms with van der Waals surface area (Å²) >= 11 is 0. The van der Waals surface area contributed by atoms with Crippen LogP contribution in [0.2, 0.25) is 0 Å². The fraction of sp³-hybridized carbons (Fsp3) is 0.538. The van der Waals surface area contributed by atoms with Crippen LogP contribution in [-0.4, -0.2) is 6.18 Å². The molecule has 2 N–H and O–H groups in total. The summed E-state index contributed by atoms with van der Waals surface area (Å²) in [5, 5.41) is 0. The van der Waals surface area contributed by atoms with Gasteiger partial charge in [0, 0.05) is 0 Å². The molecule has 0 saturated carbocycles. The van der Waals surface area contributed by atoms with Crippen LogP contribution < -0.4 is 5.73 Å². The average molecular weight is 282 g/mol. The first-order valence-corrected chi connectivity index (χ1v) is 5.48. The second-order valence-corrected chi connectivity index (χ2v) is 4.56. The van der Waals surface area contributed by atoms with E-state index >= 15 is 0 Å². The zero-order valence-electron chi connectivity index (χ0n) is 11.2. The molecule has 0 aliphatic carbocycles. The van der Waals surface area contributed by atoms with Gasteiger partial charge in [-0.2, -0.15) is 13.2 Å². The summed E-state index contributed by atoms with van der Waals surface area (Å²) in [5.41, 5.74) is 9.68. The molecule has 18 heavy (non-hydrogen) atoms. The molecule has 0 fully saturated rings. The van der Waals surface area contributed by atoms with Crippen molar-refractivity contribution in [2.24, 2.45) is 5.73 Å². The Hall–Kier alpha value is -0.740. The number of hydrogen-bond acceptors (Lipinski definition) is 1. The van der Waals surface area contributed by atoms with Gasteiger partial charge in [0.1, 0.15) is 6.04 Å². The minimum Gasteiger partial charge on any atom is -0.316 e. The van der Waals surface area contributed by atoms with E-state index in [1.54, 1.807) is 13.8 Å². The molecule has 0 aromatic heterocycles. The monoisotopic (exact) mass is 281 g/mol. The molecule has 0 saturated heterocycles. The van der Waals surface area contributed by atoms with Crippen molar-refractivity contribution in [1.29, 1.82) is 0 Å². The van der Waals surface area contributed by atoms with Gasteiger partial charge in [0.15, 0.2) is 0 Å². The molecular weight excluding hydrogens is 263 g/mol. The molecule has 1 rings (SSSR count). The molecule has 0 heterocycles. The lowest BCUT2D eigenvalue weighted by Crippen LogP contribution is -2.30. The highest BCUT2D eigenvalue weighted by Gasteiger charge is 2.40. The number of benzene rings is 1. The summed E-state index contributed by atoms with van der Waals surface area (Å²) in [5.74, 6) is 0. The van der Waals surface area contributed by atoms with Gasteiger partial charge in [-0.1, -0.05) is 0 Å². The molecule has 0 aliphatic rings. The normalized spacial score (nSPS) is 13.2. The average Bonchev–Trinajstić information content (AvgIpc) is 2.22. The third-order valence-electron chi connectivity index (χ3n) is 3.72. The molecule has 0 spiro atoms. The summed E-state index contributed by atoms with van der Waals surface area (Å²) in [4.78, 5) is 0. The van der Waals surface area contributed by atoms with Crippen LogP contribution in [0.4, 0.5) is 13.2 Å². The highest BCUT2D eigenvalue weighted by atomic mass is 35.5. The van der Waals surface area contributed by atoms with E-state index in [0.29, 0.717) is 11.1 Å². The Labute approximate surface area is 112 Å². The van der Waals surface area contributed by atoms with Crippen LogP contribution in [0.25, 0.3) is 0 Å². The first-order valence-electron chi connectivity index (χ1n) is 5.48. The molecule has 0 amide bonds. The topological polar surface area (TPSA) is 26.0 Å². The van der Waals surface area contributed by atoms with Crippen molar-refractivity contribution in [3.05, 3.63) is 33.4 Å². The quantitative estimate of drug-likeness (QED) is 0.820. The Kier molecular flexibility index (Phi) is 5.27. The maximum absolute atomic E-state index is 12.7. The summed E-state index contributed by atoms with van der Waals surface area (Å²) in [7, 11) is 0. The Morgan fingerprint density at radius 1 is 0.778 bits per heavy atom. The lowest BCUT2D eigenvalue weighted by atomic mass is 9.86. The summed E-state index contributed by atoms with van der Waals surface area (Å²) in [6.07, 6.45) is -4.40. The van der Waals surface area contributed by atoms with Crippen LogP contribution in [0.15, 0.2) is 0 Å². The Balaban J connectivity index is 0.00000289. The number of hydrogen-bond donors (Lipinski definition) is 1. The third kappa shape index (κ3) is 2.81. The summed E-state index contributed by atoms with van der Waals surface area (Å²) in [6, 6.07) is -1.90. The number of alkyl halides is 3. The largest absolute Gasteiger partial charge is 0.407 e. The number of nitrogens with two attached hydrogens (primary N) is 1. The van der Waals surface area contributed by atoms with Gasteiger partial charge in [-0.15, -0.1) is 12.4 Å². The van der Waals surface area contributed by atoms with E-state index in [4.69, 9.17) is 5.73 Å². The highest BCUT2D eigenvalue weighted by Crippen LogP contribution is 2.37. The summed E-state index contributed by atoms with van der Waals surface area (Å²) < 4.78 is 38.2. The van der Waals surface area contributed by atoms with Gasteiger partial charge in [-0.3, -0.25) is 0 Å². The minimum absolute atomic E-state index is 0. The van der Waals surface area contributed by atoms with Crippen molar-refractivity contribution in [1.82, 2.24) is 0 Å². The number of rotatable bonds is 1. The van der Waals surface area contributed by atoms with E-state index in [9.17, 15) is 13.2 Å². The zero-order valence-corrected chi connectivity index (χ0v) is 12.0. The van der Waals surface area contributed by atoms with Crippen molar-refractivity contribution in [2.75, 3.05) is 0 Å². The van der Waals surface area contributed by atoms with Gasteiger partial charge in [0.2, 0.25) is 0 Å². The first-order chi connectivity index (χ1) is 7.59. The predicted molar refractivity (Wildman–Crippen MR) is 70.4 cm³/mol. The predicted octanol–water partition coefficient (Wildman–Crippen LogP) is 4.21. The second kappa shape index (κ2) is 5.49. The molecule has 1 aromatic rings. The summed E-state index contributed by atoms with van der Waals surface area (Å²) in [6.45, 7) is 9.01. The lowest BCUT2D eigenvalue weighted by Gasteiger charge is -2.24. The van der Waals surface area contributed by atoms with Gasteiger partial charge in [-0.25, -0.2) is 0 Å².